The lowest BCUT2D eigenvalue weighted by molar-refractivity contribution is -0.115. The third-order valence-electron chi connectivity index (χ3n) is 5.11. The molecule has 0 aliphatic carbocycles. The molecule has 0 saturated carbocycles. The molecule has 32 heavy (non-hydrogen) atoms. The lowest BCUT2D eigenvalue weighted by atomic mass is 10.2. The van der Waals surface area contributed by atoms with Crippen molar-refractivity contribution in [3.05, 3.63) is 57.4 Å². The molecular formula is C23H30N6O3. The van der Waals surface area contributed by atoms with Crippen LogP contribution in [0.1, 0.15) is 33.6 Å². The number of aromatic amines is 1. The zero-order valence-corrected chi connectivity index (χ0v) is 18.7. The third-order valence-corrected chi connectivity index (χ3v) is 5.11. The van der Waals surface area contributed by atoms with Gasteiger partial charge in [0.15, 0.2) is 0 Å². The summed E-state index contributed by atoms with van der Waals surface area (Å²) in [7, 11) is 0. The molecule has 1 amide bonds. The van der Waals surface area contributed by atoms with E-state index in [-0.39, 0.29) is 29.9 Å². The monoisotopic (exact) mass is 438 g/mol. The molecule has 0 aliphatic heterocycles. The molecule has 0 aliphatic rings. The molecule has 3 aromatic rings. The number of hydrogen-bond donors (Lipinski definition) is 3. The molecule has 0 radical (unpaired) electrons. The predicted octanol–water partition coefficient (Wildman–Crippen LogP) is 2.57. The van der Waals surface area contributed by atoms with Crippen LogP contribution in [0, 0.1) is 5.92 Å². The Morgan fingerprint density at radius 1 is 1.25 bits per heavy atom. The molecule has 1 aromatic carbocycles. The number of unbranched alkanes of at least 4 members (excludes halogenated alkanes) is 1. The number of pyridine rings is 1. The number of benzene rings is 1. The maximum absolute atomic E-state index is 13.0. The molecule has 2 aromatic heterocycles. The second kappa shape index (κ2) is 10.1. The summed E-state index contributed by atoms with van der Waals surface area (Å²) in [6.45, 7) is 6.67. The van der Waals surface area contributed by atoms with Gasteiger partial charge in [-0.25, -0.2) is 4.79 Å². The first-order valence-corrected chi connectivity index (χ1v) is 10.8. The van der Waals surface area contributed by atoms with Crippen LogP contribution in [0.25, 0.3) is 10.9 Å². The molecule has 170 valence electrons. The van der Waals surface area contributed by atoms with E-state index >= 15 is 0 Å². The van der Waals surface area contributed by atoms with Gasteiger partial charge in [-0.15, -0.1) is 0 Å². The second-order valence-corrected chi connectivity index (χ2v) is 8.20. The van der Waals surface area contributed by atoms with Crippen LogP contribution in [0.15, 0.2) is 46.1 Å². The fourth-order valence-electron chi connectivity index (χ4n) is 3.62. The largest absolute Gasteiger partial charge is 0.383 e. The van der Waals surface area contributed by atoms with E-state index < -0.39 is 11.2 Å². The first kappa shape index (κ1) is 23.1. The Bertz CT molecular complexity index is 1210. The highest BCUT2D eigenvalue weighted by molar-refractivity contribution is 6.02. The van der Waals surface area contributed by atoms with Gasteiger partial charge in [0.2, 0.25) is 5.91 Å². The summed E-state index contributed by atoms with van der Waals surface area (Å²) in [6, 6.07) is 9.20. The number of amides is 1. The van der Waals surface area contributed by atoms with Crippen molar-refractivity contribution >= 4 is 34.0 Å². The normalized spacial score (nSPS) is 11.1. The van der Waals surface area contributed by atoms with E-state index in [1.807, 2.05) is 51.1 Å². The van der Waals surface area contributed by atoms with Crippen LogP contribution in [-0.2, 0) is 11.3 Å². The summed E-state index contributed by atoms with van der Waals surface area (Å²) in [5.41, 5.74) is 6.69. The van der Waals surface area contributed by atoms with Crippen molar-refractivity contribution in [3.63, 3.8) is 0 Å². The molecule has 0 unspecified atom stereocenters. The van der Waals surface area contributed by atoms with Gasteiger partial charge in [0.1, 0.15) is 11.5 Å². The maximum atomic E-state index is 13.0. The molecule has 9 nitrogen and oxygen atoms in total. The lowest BCUT2D eigenvalue weighted by Gasteiger charge is -2.26. The van der Waals surface area contributed by atoms with Crippen molar-refractivity contribution in [1.82, 2.24) is 14.5 Å². The number of nitrogens with one attached hydrogen (secondary N) is 2. The minimum absolute atomic E-state index is 0.0747. The van der Waals surface area contributed by atoms with Crippen LogP contribution in [-0.4, -0.2) is 33.5 Å². The number of H-pyrrole nitrogens is 1. The van der Waals surface area contributed by atoms with Crippen molar-refractivity contribution < 1.29 is 4.79 Å². The van der Waals surface area contributed by atoms with Crippen molar-refractivity contribution in [3.8, 4) is 0 Å². The van der Waals surface area contributed by atoms with Crippen LogP contribution in [0.3, 0.4) is 0 Å². The highest BCUT2D eigenvalue weighted by atomic mass is 16.2. The minimum Gasteiger partial charge on any atom is -0.383 e. The van der Waals surface area contributed by atoms with Gasteiger partial charge in [-0.3, -0.25) is 24.1 Å². The van der Waals surface area contributed by atoms with Crippen molar-refractivity contribution in [2.24, 2.45) is 5.92 Å². The van der Waals surface area contributed by atoms with E-state index in [4.69, 9.17) is 5.73 Å². The van der Waals surface area contributed by atoms with Gasteiger partial charge in [-0.1, -0.05) is 33.3 Å². The highest BCUT2D eigenvalue weighted by Gasteiger charge is 2.21. The summed E-state index contributed by atoms with van der Waals surface area (Å²) < 4.78 is 1.36. The Kier molecular flexibility index (Phi) is 7.29. The van der Waals surface area contributed by atoms with Gasteiger partial charge >= 0.3 is 5.69 Å². The number of aromatic nitrogens is 3. The maximum Gasteiger partial charge on any atom is 0.330 e. The Morgan fingerprint density at radius 2 is 2.03 bits per heavy atom. The van der Waals surface area contributed by atoms with Crippen LogP contribution in [0.5, 0.6) is 0 Å². The Balaban J connectivity index is 1.93. The highest BCUT2D eigenvalue weighted by Crippen LogP contribution is 2.22. The average molecular weight is 439 g/mol. The molecule has 0 atom stereocenters. The average Bonchev–Trinajstić information content (AvgIpc) is 2.74. The standard InChI is InChI=1S/C23H30N6O3/c1-4-5-12-28(20-21(24)29(13-15(2)3)23(32)27-22(20)31)14-19(30)26-18-10-6-9-17-16(18)8-7-11-25-17/h6-11,15H,4-5,12-14,24H2,1-3H3,(H,26,30)(H,27,31,32). The number of hydrogen-bond acceptors (Lipinski definition) is 6. The van der Waals surface area contributed by atoms with Crippen LogP contribution >= 0.6 is 0 Å². The Morgan fingerprint density at radius 3 is 2.75 bits per heavy atom. The SMILES string of the molecule is CCCCN(CC(=O)Nc1cccc2ncccc12)c1c(N)n(CC(C)C)c(=O)[nH]c1=O. The zero-order chi connectivity index (χ0) is 23.3. The van der Waals surface area contributed by atoms with Crippen molar-refractivity contribution in [2.45, 2.75) is 40.2 Å². The van der Waals surface area contributed by atoms with Gasteiger partial charge in [0.05, 0.1) is 17.7 Å². The first-order chi connectivity index (χ1) is 15.3. The van der Waals surface area contributed by atoms with E-state index in [9.17, 15) is 14.4 Å². The number of carbonyl (C=O) groups excluding carboxylic acids is 1. The van der Waals surface area contributed by atoms with Gasteiger partial charge in [0, 0.05) is 24.7 Å². The molecule has 0 fully saturated rings. The van der Waals surface area contributed by atoms with E-state index in [1.165, 1.54) is 4.57 Å². The summed E-state index contributed by atoms with van der Waals surface area (Å²) >= 11 is 0. The summed E-state index contributed by atoms with van der Waals surface area (Å²) in [5.74, 6) is -0.0651. The van der Waals surface area contributed by atoms with Crippen LogP contribution in [0.4, 0.5) is 17.2 Å². The molecule has 0 saturated heterocycles. The number of carbonyl (C=O) groups is 1. The number of rotatable bonds is 9. The summed E-state index contributed by atoms with van der Waals surface area (Å²) in [5, 5.41) is 3.74. The second-order valence-electron chi connectivity index (χ2n) is 8.20. The Labute approximate surface area is 186 Å². The van der Waals surface area contributed by atoms with Crippen molar-refractivity contribution in [2.75, 3.05) is 29.0 Å². The number of nitrogens with two attached hydrogens (primary N) is 1. The Hall–Kier alpha value is -3.62. The van der Waals surface area contributed by atoms with Gasteiger partial charge < -0.3 is 16.0 Å². The molecule has 0 spiro atoms. The third kappa shape index (κ3) is 5.16. The summed E-state index contributed by atoms with van der Waals surface area (Å²) in [4.78, 5) is 46.2. The summed E-state index contributed by atoms with van der Waals surface area (Å²) in [6.07, 6.45) is 3.33. The number of anilines is 3. The molecule has 9 heteroatoms. The van der Waals surface area contributed by atoms with Crippen LogP contribution < -0.4 is 27.2 Å². The number of nitrogens with zero attached hydrogens (tertiary/aromatic N) is 3. The first-order valence-electron chi connectivity index (χ1n) is 10.8. The smallest absolute Gasteiger partial charge is 0.330 e. The van der Waals surface area contributed by atoms with Gasteiger partial charge in [-0.05, 0) is 36.6 Å². The van der Waals surface area contributed by atoms with E-state index in [1.54, 1.807) is 11.1 Å². The lowest BCUT2D eigenvalue weighted by Crippen LogP contribution is -2.42. The molecule has 0 bridgehead atoms. The quantitative estimate of drug-likeness (QED) is 0.471. The van der Waals surface area contributed by atoms with E-state index in [0.29, 0.717) is 18.8 Å². The molecule has 2 heterocycles. The number of fused-ring (bicyclic) bond motifs is 1. The van der Waals surface area contributed by atoms with Gasteiger partial charge in [-0.2, -0.15) is 0 Å². The molecule has 4 N–H and O–H groups in total. The van der Waals surface area contributed by atoms with Crippen molar-refractivity contribution in [1.29, 1.82) is 0 Å². The molecule has 3 rings (SSSR count). The topological polar surface area (TPSA) is 126 Å². The fourth-order valence-corrected chi connectivity index (χ4v) is 3.62. The minimum atomic E-state index is -0.592. The number of nitrogen functional groups attached to an aromatic ring is 1. The van der Waals surface area contributed by atoms with E-state index in [0.717, 1.165) is 23.7 Å². The zero-order valence-electron chi connectivity index (χ0n) is 18.7. The van der Waals surface area contributed by atoms with E-state index in [2.05, 4.69) is 15.3 Å². The fraction of sp³-hybridized carbons (Fsp3) is 0.391. The van der Waals surface area contributed by atoms with Crippen LogP contribution in [0.2, 0.25) is 0 Å². The van der Waals surface area contributed by atoms with Gasteiger partial charge in [0.25, 0.3) is 5.56 Å². The predicted molar refractivity (Wildman–Crippen MR) is 128 cm³/mol. The molecular weight excluding hydrogens is 408 g/mol.